The lowest BCUT2D eigenvalue weighted by atomic mass is 10.0. The Bertz CT molecular complexity index is 483. The van der Waals surface area contributed by atoms with Gasteiger partial charge < -0.3 is 13.9 Å². The molecule has 1 aliphatic rings. The summed E-state index contributed by atoms with van der Waals surface area (Å²) in [6.07, 6.45) is 2.37. The van der Waals surface area contributed by atoms with Crippen molar-refractivity contribution in [3.63, 3.8) is 0 Å². The Labute approximate surface area is 121 Å². The maximum atomic E-state index is 12.2. The van der Waals surface area contributed by atoms with Gasteiger partial charge in [0.25, 0.3) is 0 Å². The lowest BCUT2D eigenvalue weighted by Gasteiger charge is -2.27. The highest BCUT2D eigenvalue weighted by Crippen LogP contribution is 2.59. The minimum atomic E-state index is -2.92. The van der Waals surface area contributed by atoms with Crippen molar-refractivity contribution >= 4 is 7.60 Å². The van der Waals surface area contributed by atoms with E-state index in [0.717, 1.165) is 12.8 Å². The Morgan fingerprint density at radius 2 is 1.85 bits per heavy atom. The summed E-state index contributed by atoms with van der Waals surface area (Å²) < 4.78 is 22.3. The van der Waals surface area contributed by atoms with Gasteiger partial charge in [-0.25, -0.2) is 0 Å². The van der Waals surface area contributed by atoms with Crippen LogP contribution in [0.3, 0.4) is 0 Å². The van der Waals surface area contributed by atoms with Gasteiger partial charge in [-0.2, -0.15) is 0 Å². The van der Waals surface area contributed by atoms with Crippen molar-refractivity contribution in [1.82, 2.24) is 4.90 Å². The summed E-state index contributed by atoms with van der Waals surface area (Å²) in [5.74, 6) is 0.501. The van der Waals surface area contributed by atoms with Crippen LogP contribution in [-0.2, 0) is 13.6 Å². The van der Waals surface area contributed by atoms with Crippen LogP contribution < -0.4 is 0 Å². The molecule has 0 N–H and O–H groups in total. The largest absolute Gasteiger partial charge is 0.330 e. The van der Waals surface area contributed by atoms with Crippen LogP contribution in [0.2, 0.25) is 0 Å². The molecule has 5 heteroatoms. The topological polar surface area (TPSA) is 38.8 Å². The van der Waals surface area contributed by atoms with Gasteiger partial charge in [0.2, 0.25) is 0 Å². The molecular formula is C15H24NO3P. The second-order valence-electron chi connectivity index (χ2n) is 5.62. The zero-order valence-corrected chi connectivity index (χ0v) is 13.6. The summed E-state index contributed by atoms with van der Waals surface area (Å²) in [5, 5.41) is 0. The van der Waals surface area contributed by atoms with E-state index in [4.69, 9.17) is 9.05 Å². The summed E-state index contributed by atoms with van der Waals surface area (Å²) >= 11 is 0. The van der Waals surface area contributed by atoms with Crippen LogP contribution in [0.4, 0.5) is 0 Å². The maximum absolute atomic E-state index is 12.2. The van der Waals surface area contributed by atoms with Crippen LogP contribution in [0.1, 0.15) is 24.3 Å². The van der Waals surface area contributed by atoms with Gasteiger partial charge >= 0.3 is 7.60 Å². The lowest BCUT2D eigenvalue weighted by Crippen LogP contribution is -2.33. The molecule has 1 fully saturated rings. The number of likely N-dealkylation sites (N-methyl/N-ethyl adjacent to an activating group) is 1. The van der Waals surface area contributed by atoms with Crippen LogP contribution in [0.15, 0.2) is 30.3 Å². The first-order valence-corrected chi connectivity index (χ1v) is 8.63. The van der Waals surface area contributed by atoms with Gasteiger partial charge in [0, 0.05) is 25.7 Å². The highest BCUT2D eigenvalue weighted by Gasteiger charge is 2.56. The predicted octanol–water partition coefficient (Wildman–Crippen LogP) is 3.35. The minimum absolute atomic E-state index is 0.0775. The summed E-state index contributed by atoms with van der Waals surface area (Å²) in [6, 6.07) is 10.5. The number of benzene rings is 1. The third kappa shape index (κ3) is 2.99. The van der Waals surface area contributed by atoms with E-state index in [1.54, 1.807) is 0 Å². The first kappa shape index (κ1) is 15.7. The highest BCUT2D eigenvalue weighted by molar-refractivity contribution is 7.53. The van der Waals surface area contributed by atoms with Crippen molar-refractivity contribution in [1.29, 1.82) is 0 Å². The third-order valence-electron chi connectivity index (χ3n) is 4.51. The van der Waals surface area contributed by atoms with E-state index < -0.39 is 7.60 Å². The second-order valence-corrected chi connectivity index (χ2v) is 8.01. The number of hydrogen-bond donors (Lipinski definition) is 0. The Morgan fingerprint density at radius 1 is 1.25 bits per heavy atom. The Kier molecular flexibility index (Phi) is 4.70. The van der Waals surface area contributed by atoms with Gasteiger partial charge in [0.1, 0.15) is 0 Å². The number of hydrogen-bond acceptors (Lipinski definition) is 4. The Morgan fingerprint density at radius 3 is 2.35 bits per heavy atom. The van der Waals surface area contributed by atoms with Crippen molar-refractivity contribution in [2.75, 3.05) is 34.5 Å². The molecular weight excluding hydrogens is 273 g/mol. The molecule has 0 radical (unpaired) electrons. The zero-order valence-electron chi connectivity index (χ0n) is 12.7. The second kappa shape index (κ2) is 5.98. The van der Waals surface area contributed by atoms with Gasteiger partial charge in [-0.3, -0.25) is 4.57 Å². The fourth-order valence-electron chi connectivity index (χ4n) is 2.99. The smallest absolute Gasteiger partial charge is 0.312 e. The van der Waals surface area contributed by atoms with E-state index in [-0.39, 0.29) is 5.54 Å². The molecule has 2 rings (SSSR count). The van der Waals surface area contributed by atoms with E-state index in [9.17, 15) is 4.57 Å². The summed E-state index contributed by atoms with van der Waals surface area (Å²) in [5.41, 5.74) is 1.43. The van der Waals surface area contributed by atoms with E-state index in [1.807, 2.05) is 6.07 Å². The van der Waals surface area contributed by atoms with Crippen molar-refractivity contribution in [3.05, 3.63) is 35.9 Å². The van der Waals surface area contributed by atoms with Crippen molar-refractivity contribution in [2.45, 2.75) is 24.3 Å². The molecule has 112 valence electrons. The highest BCUT2D eigenvalue weighted by atomic mass is 31.2. The maximum Gasteiger partial charge on any atom is 0.330 e. The lowest BCUT2D eigenvalue weighted by molar-refractivity contribution is 0.239. The molecule has 0 saturated heterocycles. The van der Waals surface area contributed by atoms with Crippen molar-refractivity contribution in [2.24, 2.45) is 0 Å². The molecule has 2 atom stereocenters. The molecule has 0 aromatic heterocycles. The van der Waals surface area contributed by atoms with Crippen LogP contribution in [0.5, 0.6) is 0 Å². The summed E-state index contributed by atoms with van der Waals surface area (Å²) in [4.78, 5) is 2.25. The summed E-state index contributed by atoms with van der Waals surface area (Å²) in [6.45, 7) is 0. The summed E-state index contributed by atoms with van der Waals surface area (Å²) in [7, 11) is 4.16. The molecule has 1 aromatic carbocycles. The molecule has 1 saturated carbocycles. The van der Waals surface area contributed by atoms with Crippen molar-refractivity contribution in [3.8, 4) is 0 Å². The average Bonchev–Trinajstić information content (AvgIpc) is 3.22. The first-order valence-electron chi connectivity index (χ1n) is 6.90. The SMILES string of the molecule is COP(=O)(CC[C@]1(N(C)C)C[C@@H]1c1ccccc1)OC. The Hall–Kier alpha value is -0.670. The third-order valence-corrected chi connectivity index (χ3v) is 6.40. The quantitative estimate of drug-likeness (QED) is 0.723. The van der Waals surface area contributed by atoms with Crippen LogP contribution in [0.25, 0.3) is 0 Å². The molecule has 1 aliphatic carbocycles. The van der Waals surface area contributed by atoms with Crippen LogP contribution in [0, 0.1) is 0 Å². The van der Waals surface area contributed by atoms with Crippen LogP contribution in [-0.4, -0.2) is 44.9 Å². The van der Waals surface area contributed by atoms with Crippen molar-refractivity contribution < 1.29 is 13.6 Å². The minimum Gasteiger partial charge on any atom is -0.312 e. The van der Waals surface area contributed by atoms with Gasteiger partial charge in [-0.15, -0.1) is 0 Å². The van der Waals surface area contributed by atoms with E-state index in [2.05, 4.69) is 43.3 Å². The van der Waals surface area contributed by atoms with Crippen LogP contribution >= 0.6 is 7.60 Å². The fourth-order valence-corrected chi connectivity index (χ4v) is 4.17. The number of nitrogens with zero attached hydrogens (tertiary/aromatic N) is 1. The van der Waals surface area contributed by atoms with Gasteiger partial charge in [0.05, 0.1) is 6.16 Å². The molecule has 0 spiro atoms. The molecule has 1 aromatic rings. The molecule has 0 bridgehead atoms. The van der Waals surface area contributed by atoms with E-state index >= 15 is 0 Å². The molecule has 0 unspecified atom stereocenters. The fraction of sp³-hybridized carbons (Fsp3) is 0.600. The number of rotatable bonds is 7. The monoisotopic (exact) mass is 297 g/mol. The van der Waals surface area contributed by atoms with Gasteiger partial charge in [-0.05, 0) is 32.5 Å². The first-order chi connectivity index (χ1) is 9.47. The van der Waals surface area contributed by atoms with E-state index in [0.29, 0.717) is 12.1 Å². The average molecular weight is 297 g/mol. The molecule has 20 heavy (non-hydrogen) atoms. The molecule has 0 heterocycles. The predicted molar refractivity (Wildman–Crippen MR) is 81.3 cm³/mol. The normalized spacial score (nSPS) is 25.9. The van der Waals surface area contributed by atoms with Gasteiger partial charge in [-0.1, -0.05) is 30.3 Å². The zero-order chi connectivity index (χ0) is 14.8. The standard InChI is InChI=1S/C15H24NO3P/c1-16(2)15(10-11-20(17,18-3)19-4)12-14(15)13-8-6-5-7-9-13/h5-9,14H,10-12H2,1-4H3/t14-,15+/m1/s1. The van der Waals surface area contributed by atoms with E-state index in [1.165, 1.54) is 19.8 Å². The molecule has 4 nitrogen and oxygen atoms in total. The molecule has 0 amide bonds. The Balaban J connectivity index is 2.09. The molecule has 0 aliphatic heterocycles. The van der Waals surface area contributed by atoms with Gasteiger partial charge in [0.15, 0.2) is 0 Å².